The van der Waals surface area contributed by atoms with Gasteiger partial charge in [0.25, 0.3) is 0 Å². The minimum atomic E-state index is -0.734. The summed E-state index contributed by atoms with van der Waals surface area (Å²) in [5.74, 6) is -0.544. The number of nitrogens with zero attached hydrogens (tertiary/aromatic N) is 1. The number of halogens is 2. The van der Waals surface area contributed by atoms with Gasteiger partial charge in [-0.15, -0.1) is 6.58 Å². The number of methoxy groups -OCH3 is 1. The monoisotopic (exact) mass is 354 g/mol. The van der Waals surface area contributed by atoms with Crippen LogP contribution in [0.4, 0.5) is 4.79 Å². The second-order valence-electron chi connectivity index (χ2n) is 4.92. The van der Waals surface area contributed by atoms with Crippen LogP contribution >= 0.6 is 23.2 Å². The summed E-state index contributed by atoms with van der Waals surface area (Å²) in [7, 11) is 1.29. The van der Waals surface area contributed by atoms with E-state index in [0.717, 1.165) is 0 Å². The molecule has 0 spiro atoms. The standard InChI is InChI=1S/C16H16Cl2N2O3/c1-4-8-20-9(2)12(15(21)23-3)14(19-16(20)22)10-6-5-7-11(17)13(10)18/h4-7,14H,1,8H2,2-3H3,(H,19,22)/t14-/m0/s1. The molecule has 1 aromatic carbocycles. The van der Waals surface area contributed by atoms with Crippen molar-refractivity contribution in [3.63, 3.8) is 0 Å². The molecule has 0 fully saturated rings. The number of rotatable bonds is 4. The Morgan fingerprint density at radius 2 is 2.17 bits per heavy atom. The van der Waals surface area contributed by atoms with Crippen molar-refractivity contribution in [2.75, 3.05) is 13.7 Å². The normalized spacial score (nSPS) is 17.8. The number of esters is 1. The zero-order chi connectivity index (χ0) is 17.1. The summed E-state index contributed by atoms with van der Waals surface area (Å²) in [5.41, 5.74) is 1.32. The number of carbonyl (C=O) groups is 2. The van der Waals surface area contributed by atoms with Crippen molar-refractivity contribution in [1.82, 2.24) is 10.2 Å². The maximum atomic E-state index is 12.3. The van der Waals surface area contributed by atoms with Crippen molar-refractivity contribution in [2.45, 2.75) is 13.0 Å². The van der Waals surface area contributed by atoms with Crippen LogP contribution in [-0.4, -0.2) is 30.6 Å². The molecule has 0 unspecified atom stereocenters. The molecule has 1 aliphatic heterocycles. The number of ether oxygens (including phenoxy) is 1. The number of allylic oxidation sites excluding steroid dienone is 1. The predicted octanol–water partition coefficient (Wildman–Crippen LogP) is 3.69. The Labute approximate surface area is 144 Å². The van der Waals surface area contributed by atoms with E-state index in [-0.39, 0.29) is 17.6 Å². The molecule has 0 radical (unpaired) electrons. The van der Waals surface area contributed by atoms with E-state index in [1.54, 1.807) is 31.2 Å². The zero-order valence-electron chi connectivity index (χ0n) is 12.7. The number of hydrogen-bond donors (Lipinski definition) is 1. The summed E-state index contributed by atoms with van der Waals surface area (Å²) < 4.78 is 4.87. The molecule has 7 heteroatoms. The van der Waals surface area contributed by atoms with Gasteiger partial charge in [-0.25, -0.2) is 9.59 Å². The van der Waals surface area contributed by atoms with Crippen LogP contribution in [0.5, 0.6) is 0 Å². The smallest absolute Gasteiger partial charge is 0.337 e. The predicted molar refractivity (Wildman–Crippen MR) is 89.4 cm³/mol. The lowest BCUT2D eigenvalue weighted by atomic mass is 9.95. The first kappa shape index (κ1) is 17.4. The second-order valence-corrected chi connectivity index (χ2v) is 5.70. The Kier molecular flexibility index (Phi) is 5.34. The van der Waals surface area contributed by atoms with Crippen molar-refractivity contribution in [1.29, 1.82) is 0 Å². The van der Waals surface area contributed by atoms with Crippen LogP contribution in [0.2, 0.25) is 10.0 Å². The minimum Gasteiger partial charge on any atom is -0.466 e. The molecule has 0 bridgehead atoms. The van der Waals surface area contributed by atoms with Crippen molar-refractivity contribution in [2.24, 2.45) is 0 Å². The topological polar surface area (TPSA) is 58.6 Å². The quantitative estimate of drug-likeness (QED) is 0.662. The third kappa shape index (κ3) is 3.21. The van der Waals surface area contributed by atoms with Crippen LogP contribution in [0.1, 0.15) is 18.5 Å². The summed E-state index contributed by atoms with van der Waals surface area (Å²) in [6, 6.07) is 3.96. The van der Waals surface area contributed by atoms with Crippen LogP contribution in [0.3, 0.4) is 0 Å². The van der Waals surface area contributed by atoms with Crippen molar-refractivity contribution >= 4 is 35.2 Å². The van der Waals surface area contributed by atoms with E-state index in [2.05, 4.69) is 11.9 Å². The summed E-state index contributed by atoms with van der Waals surface area (Å²) in [6.45, 7) is 5.57. The van der Waals surface area contributed by atoms with Crippen molar-refractivity contribution in [3.8, 4) is 0 Å². The fourth-order valence-electron chi connectivity index (χ4n) is 2.48. The summed E-state index contributed by atoms with van der Waals surface area (Å²) >= 11 is 12.3. The molecule has 0 aromatic heterocycles. The largest absolute Gasteiger partial charge is 0.466 e. The lowest BCUT2D eigenvalue weighted by Crippen LogP contribution is -2.48. The SMILES string of the molecule is C=CCN1C(=O)N[C@@H](c2cccc(Cl)c2Cl)C(C(=O)OC)=C1C. The molecule has 122 valence electrons. The van der Waals surface area contributed by atoms with Gasteiger partial charge in [0.2, 0.25) is 0 Å². The van der Waals surface area contributed by atoms with Crippen LogP contribution in [0.25, 0.3) is 0 Å². The Balaban J connectivity index is 2.62. The van der Waals surface area contributed by atoms with Crippen molar-refractivity contribution in [3.05, 3.63) is 57.7 Å². The number of hydrogen-bond acceptors (Lipinski definition) is 3. The van der Waals surface area contributed by atoms with E-state index >= 15 is 0 Å². The van der Waals surface area contributed by atoms with Gasteiger partial charge in [-0.05, 0) is 18.6 Å². The molecule has 5 nitrogen and oxygen atoms in total. The van der Waals surface area contributed by atoms with Gasteiger partial charge in [0, 0.05) is 12.2 Å². The molecular formula is C16H16Cl2N2O3. The molecule has 1 aliphatic rings. The van der Waals surface area contributed by atoms with Crippen LogP contribution < -0.4 is 5.32 Å². The zero-order valence-corrected chi connectivity index (χ0v) is 14.2. The maximum Gasteiger partial charge on any atom is 0.337 e. The van der Waals surface area contributed by atoms with E-state index in [4.69, 9.17) is 27.9 Å². The first-order valence-electron chi connectivity index (χ1n) is 6.84. The molecule has 2 rings (SSSR count). The number of urea groups is 1. The van der Waals surface area contributed by atoms with E-state index in [1.807, 2.05) is 0 Å². The van der Waals surface area contributed by atoms with E-state index in [9.17, 15) is 9.59 Å². The number of nitrogens with one attached hydrogen (secondary N) is 1. The van der Waals surface area contributed by atoms with E-state index in [1.165, 1.54) is 12.0 Å². The lowest BCUT2D eigenvalue weighted by molar-refractivity contribution is -0.136. The lowest BCUT2D eigenvalue weighted by Gasteiger charge is -2.35. The second kappa shape index (κ2) is 7.06. The van der Waals surface area contributed by atoms with Gasteiger partial charge < -0.3 is 10.1 Å². The summed E-state index contributed by atoms with van der Waals surface area (Å²) in [6.07, 6.45) is 1.57. The van der Waals surface area contributed by atoms with Gasteiger partial charge in [0.05, 0.1) is 28.8 Å². The molecular weight excluding hydrogens is 339 g/mol. The van der Waals surface area contributed by atoms with Gasteiger partial charge in [0.15, 0.2) is 0 Å². The third-order valence-electron chi connectivity index (χ3n) is 3.61. The molecule has 0 aliphatic carbocycles. The van der Waals surface area contributed by atoms with E-state index < -0.39 is 12.0 Å². The van der Waals surface area contributed by atoms with E-state index in [0.29, 0.717) is 21.9 Å². The van der Waals surface area contributed by atoms with Crippen molar-refractivity contribution < 1.29 is 14.3 Å². The third-order valence-corrected chi connectivity index (χ3v) is 4.44. The molecule has 1 aromatic rings. The molecule has 1 atom stereocenters. The highest BCUT2D eigenvalue weighted by Gasteiger charge is 2.36. The Hall–Kier alpha value is -1.98. The fourth-order valence-corrected chi connectivity index (χ4v) is 2.90. The molecule has 0 saturated heterocycles. The Bertz CT molecular complexity index is 701. The molecule has 0 saturated carbocycles. The molecule has 1 N–H and O–H groups in total. The highest BCUT2D eigenvalue weighted by Crippen LogP contribution is 2.37. The Morgan fingerprint density at radius 1 is 1.48 bits per heavy atom. The maximum absolute atomic E-state index is 12.3. The fraction of sp³-hybridized carbons (Fsp3) is 0.250. The minimum absolute atomic E-state index is 0.272. The van der Waals surface area contributed by atoms with Crippen LogP contribution in [0, 0.1) is 0 Å². The Morgan fingerprint density at radius 3 is 2.78 bits per heavy atom. The summed E-state index contributed by atoms with van der Waals surface area (Å²) in [4.78, 5) is 26.0. The first-order chi connectivity index (χ1) is 10.9. The van der Waals surface area contributed by atoms with Gasteiger partial charge in [0.1, 0.15) is 0 Å². The number of amides is 2. The average Bonchev–Trinajstić information content (AvgIpc) is 2.53. The highest BCUT2D eigenvalue weighted by atomic mass is 35.5. The van der Waals surface area contributed by atoms with Crippen LogP contribution in [-0.2, 0) is 9.53 Å². The number of carbonyl (C=O) groups excluding carboxylic acids is 2. The highest BCUT2D eigenvalue weighted by molar-refractivity contribution is 6.42. The van der Waals surface area contributed by atoms with Gasteiger partial charge in [-0.1, -0.05) is 41.4 Å². The first-order valence-corrected chi connectivity index (χ1v) is 7.59. The average molecular weight is 355 g/mol. The molecule has 23 heavy (non-hydrogen) atoms. The number of benzene rings is 1. The summed E-state index contributed by atoms with van der Waals surface area (Å²) in [5, 5.41) is 3.39. The van der Waals surface area contributed by atoms with Gasteiger partial charge in [-0.2, -0.15) is 0 Å². The van der Waals surface area contributed by atoms with Gasteiger partial charge in [-0.3, -0.25) is 4.90 Å². The van der Waals surface area contributed by atoms with Crippen LogP contribution in [0.15, 0.2) is 42.1 Å². The molecule has 2 amide bonds. The molecule has 1 heterocycles. The van der Waals surface area contributed by atoms with Gasteiger partial charge >= 0.3 is 12.0 Å².